The van der Waals surface area contributed by atoms with Gasteiger partial charge in [-0.05, 0) is 35.7 Å². The van der Waals surface area contributed by atoms with Crippen LogP contribution < -0.4 is 11.0 Å². The molecule has 0 bridgehead atoms. The van der Waals surface area contributed by atoms with Crippen molar-refractivity contribution in [1.82, 2.24) is 9.55 Å². The molecule has 0 radical (unpaired) electrons. The smallest absolute Gasteiger partial charge is 0.266 e. The summed E-state index contributed by atoms with van der Waals surface area (Å²) in [5.41, 5.74) is 1.52. The van der Waals surface area contributed by atoms with Gasteiger partial charge in [-0.2, -0.15) is 0 Å². The summed E-state index contributed by atoms with van der Waals surface area (Å²) in [7, 11) is 0. The molecule has 0 aliphatic carbocycles. The van der Waals surface area contributed by atoms with Gasteiger partial charge in [-0.15, -0.1) is 0 Å². The summed E-state index contributed by atoms with van der Waals surface area (Å²) in [5.74, 6) is 0.349. The zero-order valence-corrected chi connectivity index (χ0v) is 18.4. The Kier molecular flexibility index (Phi) is 5.89. The fourth-order valence-corrected chi connectivity index (χ4v) is 4.34. The Labute approximate surface area is 187 Å². The highest BCUT2D eigenvalue weighted by molar-refractivity contribution is 7.98. The molecule has 31 heavy (non-hydrogen) atoms. The van der Waals surface area contributed by atoms with E-state index < -0.39 is 11.2 Å². The van der Waals surface area contributed by atoms with E-state index in [1.54, 1.807) is 22.8 Å². The van der Waals surface area contributed by atoms with Crippen LogP contribution in [0.4, 0.5) is 0 Å². The van der Waals surface area contributed by atoms with Crippen LogP contribution in [0, 0.1) is 0 Å². The number of rotatable bonds is 5. The first kappa shape index (κ1) is 21.2. The van der Waals surface area contributed by atoms with Crippen LogP contribution >= 0.6 is 23.4 Å². The van der Waals surface area contributed by atoms with Crippen molar-refractivity contribution in [3.05, 3.63) is 91.7 Å². The Bertz CT molecular complexity index is 1390. The summed E-state index contributed by atoms with van der Waals surface area (Å²) in [4.78, 5) is 29.9. The average Bonchev–Trinajstić information content (AvgIpc) is 2.74. The second kappa shape index (κ2) is 8.61. The standard InChI is InChI=1S/C23H19ClN2O4S/c1-13(2)16-5-3-4-6-19(16)26-22(29)17-8-7-14(24)9-18(17)25-23(26)31-12-15-10-20(27)21(28)11-30-15/h3-11,13,28H,12H2,1-2H3. The minimum atomic E-state index is -0.525. The quantitative estimate of drug-likeness (QED) is 0.333. The third kappa shape index (κ3) is 4.24. The second-order valence-electron chi connectivity index (χ2n) is 7.29. The Morgan fingerprint density at radius 1 is 1.16 bits per heavy atom. The van der Waals surface area contributed by atoms with Crippen molar-refractivity contribution >= 4 is 34.3 Å². The van der Waals surface area contributed by atoms with Crippen LogP contribution in [-0.2, 0) is 5.75 Å². The molecular formula is C23H19ClN2O4S. The van der Waals surface area contributed by atoms with Gasteiger partial charge in [-0.3, -0.25) is 14.2 Å². The van der Waals surface area contributed by atoms with Crippen LogP contribution in [0.15, 0.2) is 74.0 Å². The zero-order valence-electron chi connectivity index (χ0n) is 16.8. The number of hydrogen-bond acceptors (Lipinski definition) is 6. The Balaban J connectivity index is 1.90. The van der Waals surface area contributed by atoms with Crippen LogP contribution in [0.25, 0.3) is 16.6 Å². The fourth-order valence-electron chi connectivity index (χ4n) is 3.28. The molecule has 2 aromatic heterocycles. The first-order chi connectivity index (χ1) is 14.8. The molecule has 0 atom stereocenters. The van der Waals surface area contributed by atoms with E-state index in [2.05, 4.69) is 13.8 Å². The predicted octanol–water partition coefficient (Wildman–Crippen LogP) is 5.11. The van der Waals surface area contributed by atoms with E-state index in [1.165, 1.54) is 17.8 Å². The first-order valence-electron chi connectivity index (χ1n) is 9.60. The predicted molar refractivity (Wildman–Crippen MR) is 123 cm³/mol. The van der Waals surface area contributed by atoms with Crippen molar-refractivity contribution in [1.29, 1.82) is 0 Å². The molecule has 0 aliphatic heterocycles. The summed E-state index contributed by atoms with van der Waals surface area (Å²) in [6.07, 6.45) is 1.01. The number of aromatic hydroxyl groups is 1. The van der Waals surface area contributed by atoms with E-state index in [4.69, 9.17) is 21.0 Å². The third-order valence-corrected chi connectivity index (χ3v) is 6.01. The van der Waals surface area contributed by atoms with E-state index in [0.29, 0.717) is 26.8 Å². The molecule has 2 heterocycles. The van der Waals surface area contributed by atoms with Gasteiger partial charge >= 0.3 is 0 Å². The number of aromatic nitrogens is 2. The van der Waals surface area contributed by atoms with Crippen molar-refractivity contribution < 1.29 is 9.52 Å². The number of para-hydroxylation sites is 1. The summed E-state index contributed by atoms with van der Waals surface area (Å²) in [6, 6.07) is 13.9. The summed E-state index contributed by atoms with van der Waals surface area (Å²) < 4.78 is 6.89. The number of benzene rings is 2. The molecule has 0 saturated carbocycles. The molecule has 0 aliphatic rings. The summed E-state index contributed by atoms with van der Waals surface area (Å²) in [6.45, 7) is 4.13. The Hall–Kier alpha value is -3.03. The lowest BCUT2D eigenvalue weighted by Crippen LogP contribution is -2.23. The molecule has 0 amide bonds. The Morgan fingerprint density at radius 3 is 2.68 bits per heavy atom. The average molecular weight is 455 g/mol. The first-order valence-corrected chi connectivity index (χ1v) is 11.0. The lowest BCUT2D eigenvalue weighted by molar-refractivity contribution is 0.419. The van der Waals surface area contributed by atoms with Gasteiger partial charge in [-0.1, -0.05) is 55.4 Å². The molecule has 158 valence electrons. The fraction of sp³-hybridized carbons (Fsp3) is 0.174. The monoisotopic (exact) mass is 454 g/mol. The highest BCUT2D eigenvalue weighted by Crippen LogP contribution is 2.29. The molecule has 0 unspecified atom stereocenters. The molecule has 4 rings (SSSR count). The number of thioether (sulfide) groups is 1. The van der Waals surface area contributed by atoms with Crippen molar-refractivity contribution in [3.63, 3.8) is 0 Å². The van der Waals surface area contributed by atoms with Crippen LogP contribution in [0.5, 0.6) is 5.75 Å². The van der Waals surface area contributed by atoms with E-state index in [9.17, 15) is 14.7 Å². The largest absolute Gasteiger partial charge is 0.502 e. The van der Waals surface area contributed by atoms with E-state index in [0.717, 1.165) is 17.5 Å². The maximum atomic E-state index is 13.5. The minimum absolute atomic E-state index is 0.192. The molecule has 4 aromatic rings. The molecule has 6 nitrogen and oxygen atoms in total. The Morgan fingerprint density at radius 2 is 1.94 bits per heavy atom. The SMILES string of the molecule is CC(C)c1ccccc1-n1c(SCc2cc(=O)c(O)co2)nc2cc(Cl)ccc2c1=O. The third-order valence-electron chi connectivity index (χ3n) is 4.81. The molecule has 0 saturated heterocycles. The van der Waals surface area contributed by atoms with E-state index >= 15 is 0 Å². The number of hydrogen-bond donors (Lipinski definition) is 1. The molecule has 1 N–H and O–H groups in total. The normalized spacial score (nSPS) is 11.4. The summed E-state index contributed by atoms with van der Waals surface area (Å²) >= 11 is 7.38. The van der Waals surface area contributed by atoms with E-state index in [1.807, 2.05) is 24.3 Å². The molecule has 2 aromatic carbocycles. The van der Waals surface area contributed by atoms with Gasteiger partial charge in [0, 0.05) is 11.1 Å². The molecular weight excluding hydrogens is 436 g/mol. The maximum Gasteiger partial charge on any atom is 0.266 e. The number of fused-ring (bicyclic) bond motifs is 1. The van der Waals surface area contributed by atoms with Gasteiger partial charge in [0.05, 0.1) is 22.3 Å². The maximum absolute atomic E-state index is 13.5. The van der Waals surface area contributed by atoms with Gasteiger partial charge in [0.2, 0.25) is 5.43 Å². The van der Waals surface area contributed by atoms with Gasteiger partial charge < -0.3 is 9.52 Å². The van der Waals surface area contributed by atoms with Crippen LogP contribution in [0.3, 0.4) is 0 Å². The molecule has 0 fully saturated rings. The van der Waals surface area contributed by atoms with E-state index in [-0.39, 0.29) is 17.2 Å². The molecule has 0 spiro atoms. The zero-order chi connectivity index (χ0) is 22.1. The second-order valence-corrected chi connectivity index (χ2v) is 8.67. The van der Waals surface area contributed by atoms with Gasteiger partial charge in [0.15, 0.2) is 10.9 Å². The highest BCUT2D eigenvalue weighted by atomic mass is 35.5. The summed E-state index contributed by atoms with van der Waals surface area (Å²) in [5, 5.41) is 10.8. The van der Waals surface area contributed by atoms with Crippen LogP contribution in [0.1, 0.15) is 31.1 Å². The van der Waals surface area contributed by atoms with Gasteiger partial charge in [0.1, 0.15) is 12.0 Å². The molecule has 8 heteroatoms. The van der Waals surface area contributed by atoms with Gasteiger partial charge in [0.25, 0.3) is 5.56 Å². The highest BCUT2D eigenvalue weighted by Gasteiger charge is 2.18. The number of halogens is 1. The minimum Gasteiger partial charge on any atom is -0.502 e. The lowest BCUT2D eigenvalue weighted by Gasteiger charge is -2.18. The van der Waals surface area contributed by atoms with Crippen LogP contribution in [0.2, 0.25) is 5.02 Å². The number of nitrogens with zero attached hydrogens (tertiary/aromatic N) is 2. The lowest BCUT2D eigenvalue weighted by atomic mass is 10.0. The van der Waals surface area contributed by atoms with Crippen molar-refractivity contribution in [2.24, 2.45) is 0 Å². The van der Waals surface area contributed by atoms with Crippen LogP contribution in [-0.4, -0.2) is 14.7 Å². The van der Waals surface area contributed by atoms with Gasteiger partial charge in [-0.25, -0.2) is 4.98 Å². The topological polar surface area (TPSA) is 85.3 Å². The van der Waals surface area contributed by atoms with Crippen molar-refractivity contribution in [2.45, 2.75) is 30.7 Å². The van der Waals surface area contributed by atoms with Crippen molar-refractivity contribution in [2.75, 3.05) is 0 Å². The van der Waals surface area contributed by atoms with Crippen molar-refractivity contribution in [3.8, 4) is 11.4 Å².